The first-order valence-corrected chi connectivity index (χ1v) is 7.68. The fourth-order valence-electron chi connectivity index (χ4n) is 2.43. The number of hydrogen-bond donors (Lipinski definition) is 0. The molecule has 0 aliphatic heterocycles. The standard InChI is InChI=1S/C17H15ClOS/c1-10-8-11(2)16-15(9-10)19-12(3)17(16)20-14-6-4-13(18)5-7-14/h4-9H,1-3H3. The minimum atomic E-state index is 0.759. The second-order valence-electron chi connectivity index (χ2n) is 5.00. The van der Waals surface area contributed by atoms with E-state index >= 15 is 0 Å². The summed E-state index contributed by atoms with van der Waals surface area (Å²) in [6, 6.07) is 12.2. The van der Waals surface area contributed by atoms with Crippen molar-refractivity contribution in [3.63, 3.8) is 0 Å². The molecule has 0 N–H and O–H groups in total. The maximum absolute atomic E-state index is 5.93. The number of fused-ring (bicyclic) bond motifs is 1. The summed E-state index contributed by atoms with van der Waals surface area (Å²) < 4.78 is 5.91. The molecule has 3 rings (SSSR count). The van der Waals surface area contributed by atoms with Gasteiger partial charge in [-0.3, -0.25) is 0 Å². The van der Waals surface area contributed by atoms with Crippen molar-refractivity contribution in [2.24, 2.45) is 0 Å². The van der Waals surface area contributed by atoms with E-state index in [0.29, 0.717) is 0 Å². The average molecular weight is 303 g/mol. The first-order chi connectivity index (χ1) is 9.54. The number of rotatable bonds is 2. The highest BCUT2D eigenvalue weighted by Crippen LogP contribution is 2.40. The summed E-state index contributed by atoms with van der Waals surface area (Å²) in [6.07, 6.45) is 0. The molecule has 3 heteroatoms. The third-order valence-corrected chi connectivity index (χ3v) is 4.74. The Morgan fingerprint density at radius 3 is 2.40 bits per heavy atom. The normalized spacial score (nSPS) is 11.2. The largest absolute Gasteiger partial charge is 0.460 e. The van der Waals surface area contributed by atoms with E-state index < -0.39 is 0 Å². The van der Waals surface area contributed by atoms with Crippen LogP contribution < -0.4 is 0 Å². The van der Waals surface area contributed by atoms with Crippen molar-refractivity contribution < 1.29 is 4.42 Å². The van der Waals surface area contributed by atoms with Crippen molar-refractivity contribution in [2.45, 2.75) is 30.6 Å². The smallest absolute Gasteiger partial charge is 0.135 e. The minimum absolute atomic E-state index is 0.759. The van der Waals surface area contributed by atoms with E-state index in [4.69, 9.17) is 16.0 Å². The van der Waals surface area contributed by atoms with Gasteiger partial charge in [0.05, 0.1) is 4.90 Å². The zero-order valence-corrected chi connectivity index (χ0v) is 13.2. The molecule has 1 nitrogen and oxygen atoms in total. The third kappa shape index (κ3) is 2.46. The maximum Gasteiger partial charge on any atom is 0.135 e. The van der Waals surface area contributed by atoms with E-state index in [2.05, 4.69) is 26.0 Å². The molecule has 2 aromatic carbocycles. The molecule has 102 valence electrons. The molecule has 0 amide bonds. The predicted molar refractivity (Wildman–Crippen MR) is 86.0 cm³/mol. The van der Waals surface area contributed by atoms with E-state index in [-0.39, 0.29) is 0 Å². The topological polar surface area (TPSA) is 13.1 Å². The molecule has 0 unspecified atom stereocenters. The van der Waals surface area contributed by atoms with Gasteiger partial charge in [-0.05, 0) is 62.2 Å². The average Bonchev–Trinajstić information content (AvgIpc) is 2.68. The van der Waals surface area contributed by atoms with Gasteiger partial charge in [0, 0.05) is 15.3 Å². The Balaban J connectivity index is 2.11. The van der Waals surface area contributed by atoms with Crippen LogP contribution in [0, 0.1) is 20.8 Å². The van der Waals surface area contributed by atoms with Gasteiger partial charge in [0.15, 0.2) is 0 Å². The van der Waals surface area contributed by atoms with E-state index in [1.54, 1.807) is 11.8 Å². The molecule has 1 aromatic heterocycles. The summed E-state index contributed by atoms with van der Waals surface area (Å²) in [7, 11) is 0. The summed E-state index contributed by atoms with van der Waals surface area (Å²) in [6.45, 7) is 6.25. The Kier molecular flexibility index (Phi) is 3.53. The van der Waals surface area contributed by atoms with Gasteiger partial charge in [0.2, 0.25) is 0 Å². The predicted octanol–water partition coefficient (Wildman–Crippen LogP) is 6.16. The maximum atomic E-state index is 5.93. The van der Waals surface area contributed by atoms with Crippen LogP contribution in [0.3, 0.4) is 0 Å². The van der Waals surface area contributed by atoms with Crippen LogP contribution in [0.25, 0.3) is 11.0 Å². The summed E-state index contributed by atoms with van der Waals surface area (Å²) >= 11 is 7.66. The number of hydrogen-bond acceptors (Lipinski definition) is 2. The lowest BCUT2D eigenvalue weighted by Crippen LogP contribution is -1.80. The number of halogens is 1. The van der Waals surface area contributed by atoms with Crippen LogP contribution in [0.2, 0.25) is 5.02 Å². The molecule has 0 saturated heterocycles. The van der Waals surface area contributed by atoms with Crippen LogP contribution in [0.4, 0.5) is 0 Å². The van der Waals surface area contributed by atoms with Gasteiger partial charge in [-0.15, -0.1) is 0 Å². The van der Waals surface area contributed by atoms with Crippen LogP contribution in [-0.2, 0) is 0 Å². The molecular formula is C17H15ClOS. The van der Waals surface area contributed by atoms with Gasteiger partial charge in [-0.1, -0.05) is 29.4 Å². The highest BCUT2D eigenvalue weighted by molar-refractivity contribution is 7.99. The molecule has 1 heterocycles. The van der Waals surface area contributed by atoms with Crippen molar-refractivity contribution in [1.29, 1.82) is 0 Å². The highest BCUT2D eigenvalue weighted by Gasteiger charge is 2.14. The lowest BCUT2D eigenvalue weighted by molar-refractivity contribution is 0.568. The van der Waals surface area contributed by atoms with Gasteiger partial charge in [0.1, 0.15) is 11.3 Å². The van der Waals surface area contributed by atoms with E-state index in [9.17, 15) is 0 Å². The molecule has 0 aliphatic rings. The molecular weight excluding hydrogens is 288 g/mol. The molecule has 0 aliphatic carbocycles. The lowest BCUT2D eigenvalue weighted by atomic mass is 10.1. The Morgan fingerprint density at radius 1 is 1.00 bits per heavy atom. The zero-order valence-electron chi connectivity index (χ0n) is 11.7. The second-order valence-corrected chi connectivity index (χ2v) is 6.52. The van der Waals surface area contributed by atoms with Crippen molar-refractivity contribution in [3.8, 4) is 0 Å². The van der Waals surface area contributed by atoms with Crippen LogP contribution in [0.15, 0.2) is 50.6 Å². The molecule has 0 saturated carbocycles. The number of aryl methyl sites for hydroxylation is 3. The quantitative estimate of drug-likeness (QED) is 0.562. The SMILES string of the molecule is Cc1cc(C)c2c(Sc3ccc(Cl)cc3)c(C)oc2c1. The summed E-state index contributed by atoms with van der Waals surface area (Å²) in [4.78, 5) is 2.36. The van der Waals surface area contributed by atoms with Crippen molar-refractivity contribution >= 4 is 34.3 Å². The van der Waals surface area contributed by atoms with Crippen molar-refractivity contribution in [2.75, 3.05) is 0 Å². The Labute approximate surface area is 127 Å². The Morgan fingerprint density at radius 2 is 1.70 bits per heavy atom. The molecule has 0 bridgehead atoms. The van der Waals surface area contributed by atoms with E-state index in [0.717, 1.165) is 16.4 Å². The van der Waals surface area contributed by atoms with Gasteiger partial charge in [0.25, 0.3) is 0 Å². The number of furan rings is 1. The molecule has 20 heavy (non-hydrogen) atoms. The summed E-state index contributed by atoms with van der Waals surface area (Å²) in [5.74, 6) is 0.966. The first kappa shape index (κ1) is 13.6. The molecule has 3 aromatic rings. The third-order valence-electron chi connectivity index (χ3n) is 3.29. The van der Waals surface area contributed by atoms with Gasteiger partial charge in [-0.25, -0.2) is 0 Å². The monoisotopic (exact) mass is 302 g/mol. The van der Waals surface area contributed by atoms with Crippen molar-refractivity contribution in [3.05, 3.63) is 58.3 Å². The van der Waals surface area contributed by atoms with Crippen molar-refractivity contribution in [1.82, 2.24) is 0 Å². The first-order valence-electron chi connectivity index (χ1n) is 6.48. The van der Waals surface area contributed by atoms with Crippen LogP contribution in [-0.4, -0.2) is 0 Å². The van der Waals surface area contributed by atoms with Gasteiger partial charge < -0.3 is 4.42 Å². The van der Waals surface area contributed by atoms with E-state index in [1.807, 2.05) is 31.2 Å². The van der Waals surface area contributed by atoms with Crippen LogP contribution >= 0.6 is 23.4 Å². The molecule has 0 atom stereocenters. The zero-order chi connectivity index (χ0) is 14.3. The van der Waals surface area contributed by atoms with Crippen LogP contribution in [0.5, 0.6) is 0 Å². The summed E-state index contributed by atoms with van der Waals surface area (Å²) in [5.41, 5.74) is 3.46. The Bertz CT molecular complexity index is 772. The Hall–Kier alpha value is -1.38. The molecule has 0 radical (unpaired) electrons. The summed E-state index contributed by atoms with van der Waals surface area (Å²) in [5, 5.41) is 1.97. The highest BCUT2D eigenvalue weighted by atomic mass is 35.5. The second kappa shape index (κ2) is 5.19. The minimum Gasteiger partial charge on any atom is -0.460 e. The number of benzene rings is 2. The van der Waals surface area contributed by atoms with Gasteiger partial charge >= 0.3 is 0 Å². The molecule has 0 fully saturated rings. The lowest BCUT2D eigenvalue weighted by Gasteiger charge is -2.03. The van der Waals surface area contributed by atoms with Crippen LogP contribution in [0.1, 0.15) is 16.9 Å². The fourth-order valence-corrected chi connectivity index (χ4v) is 3.61. The molecule has 0 spiro atoms. The van der Waals surface area contributed by atoms with Gasteiger partial charge in [-0.2, -0.15) is 0 Å². The fraction of sp³-hybridized carbons (Fsp3) is 0.176. The van der Waals surface area contributed by atoms with E-state index in [1.165, 1.54) is 26.3 Å².